The van der Waals surface area contributed by atoms with Crippen LogP contribution in [0, 0.1) is 5.41 Å². The number of ether oxygens (including phenoxy) is 1. The molecule has 7 nitrogen and oxygen atoms in total. The van der Waals surface area contributed by atoms with Gasteiger partial charge < -0.3 is 9.30 Å². The summed E-state index contributed by atoms with van der Waals surface area (Å²) in [5, 5.41) is 15.9. The molecule has 0 fully saturated rings. The quantitative estimate of drug-likeness (QED) is 0.762. The van der Waals surface area contributed by atoms with E-state index < -0.39 is 5.91 Å². The molecule has 1 N–H and O–H groups in total. The minimum Gasteiger partial charge on any atom is -0.495 e. The summed E-state index contributed by atoms with van der Waals surface area (Å²) in [4.78, 5) is 16.6. The summed E-state index contributed by atoms with van der Waals surface area (Å²) in [7, 11) is 1.56. The van der Waals surface area contributed by atoms with Crippen molar-refractivity contribution in [3.8, 4) is 11.4 Å². The number of aromatic nitrogens is 1. The van der Waals surface area contributed by atoms with E-state index in [-0.39, 0.29) is 11.4 Å². The number of hydrogen-bond acceptors (Lipinski definition) is 5. The molecule has 1 aromatic carbocycles. The monoisotopic (exact) mass is 413 g/mol. The number of halogens is 1. The molecule has 1 aromatic heterocycles. The zero-order valence-corrected chi connectivity index (χ0v) is 16.7. The lowest BCUT2D eigenvalue weighted by Gasteiger charge is -2.20. The average Bonchev–Trinajstić information content (AvgIpc) is 3.31. The second kappa shape index (κ2) is 7.29. The maximum Gasteiger partial charge on any atom is 0.283 e. The number of thioether (sulfide) groups is 1. The van der Waals surface area contributed by atoms with Gasteiger partial charge in [0.25, 0.3) is 5.91 Å². The Labute approximate surface area is 170 Å². The topological polar surface area (TPSA) is 83.0 Å². The molecule has 0 bridgehead atoms. The number of benzene rings is 1. The van der Waals surface area contributed by atoms with Crippen LogP contribution in [0.15, 0.2) is 52.2 Å². The van der Waals surface area contributed by atoms with Gasteiger partial charge in [-0.25, -0.2) is 0 Å². The van der Waals surface area contributed by atoms with Gasteiger partial charge >= 0.3 is 0 Å². The minimum atomic E-state index is -0.447. The third kappa shape index (κ3) is 3.14. The molecule has 0 saturated heterocycles. The number of hydrazone groups is 1. The number of rotatable bonds is 4. The van der Waals surface area contributed by atoms with Crippen molar-refractivity contribution in [1.82, 2.24) is 9.58 Å². The Hall–Kier alpha value is -2.84. The molecule has 0 saturated carbocycles. The molecule has 0 unspecified atom stereocenters. The largest absolute Gasteiger partial charge is 0.495 e. The Morgan fingerprint density at radius 3 is 2.89 bits per heavy atom. The lowest BCUT2D eigenvalue weighted by Crippen LogP contribution is -2.35. The van der Waals surface area contributed by atoms with Crippen LogP contribution in [0.1, 0.15) is 19.0 Å². The molecular weight excluding hydrogens is 398 g/mol. The number of hydrogen-bond donors (Lipinski definition) is 1. The lowest BCUT2D eigenvalue weighted by atomic mass is 10.1. The highest BCUT2D eigenvalue weighted by atomic mass is 35.5. The van der Waals surface area contributed by atoms with E-state index in [0.29, 0.717) is 15.9 Å². The van der Waals surface area contributed by atoms with Gasteiger partial charge in [0, 0.05) is 17.6 Å². The molecule has 2 aliphatic heterocycles. The summed E-state index contributed by atoms with van der Waals surface area (Å²) in [5.74, 6) is 0.156. The SMILES string of the molecule is CCC1=NN2C(=N)/C(=C\c3cccn3-c3ccc(OC)c(Cl)c3)C(=O)N=C2S1. The van der Waals surface area contributed by atoms with Gasteiger partial charge in [-0.05, 0) is 54.6 Å². The number of amidine groups is 2. The van der Waals surface area contributed by atoms with Crippen molar-refractivity contribution in [2.75, 3.05) is 7.11 Å². The van der Waals surface area contributed by atoms with Crippen LogP contribution in [0.5, 0.6) is 5.75 Å². The molecule has 2 aromatic rings. The molecule has 0 radical (unpaired) electrons. The van der Waals surface area contributed by atoms with Gasteiger partial charge in [-0.3, -0.25) is 10.2 Å². The van der Waals surface area contributed by atoms with Crippen LogP contribution < -0.4 is 4.74 Å². The number of fused-ring (bicyclic) bond motifs is 1. The van der Waals surface area contributed by atoms with E-state index in [1.807, 2.05) is 35.9 Å². The highest BCUT2D eigenvalue weighted by molar-refractivity contribution is 8.26. The van der Waals surface area contributed by atoms with E-state index in [1.165, 1.54) is 16.8 Å². The first kappa shape index (κ1) is 18.5. The molecule has 0 atom stereocenters. The van der Waals surface area contributed by atoms with Crippen LogP contribution in [-0.4, -0.2) is 38.6 Å². The van der Waals surface area contributed by atoms with E-state index in [2.05, 4.69) is 10.1 Å². The van der Waals surface area contributed by atoms with Gasteiger partial charge in [0.1, 0.15) is 10.8 Å². The zero-order chi connectivity index (χ0) is 19.8. The molecule has 2 aliphatic rings. The first-order valence-corrected chi connectivity index (χ1v) is 9.71. The van der Waals surface area contributed by atoms with Gasteiger partial charge in [0.05, 0.1) is 17.7 Å². The predicted molar refractivity (Wildman–Crippen MR) is 113 cm³/mol. The van der Waals surface area contributed by atoms with Crippen molar-refractivity contribution >= 4 is 51.4 Å². The smallest absolute Gasteiger partial charge is 0.283 e. The molecule has 28 heavy (non-hydrogen) atoms. The number of aliphatic imine (C=N–C) groups is 1. The molecule has 3 heterocycles. The number of amides is 1. The van der Waals surface area contributed by atoms with Crippen LogP contribution >= 0.6 is 23.4 Å². The first-order chi connectivity index (χ1) is 13.5. The standard InChI is InChI=1S/C19H16ClN5O2S/c1-3-16-23-25-17(21)13(18(26)22-19(25)28-16)9-11-5-4-8-24(11)12-6-7-15(27-2)14(20)10-12/h4-10,21H,3H2,1-2H3/b13-9+,21-17?. The van der Waals surface area contributed by atoms with Gasteiger partial charge in [0.15, 0.2) is 5.84 Å². The second-order valence-electron chi connectivity index (χ2n) is 5.99. The minimum absolute atomic E-state index is 0.0199. The van der Waals surface area contributed by atoms with Crippen molar-refractivity contribution < 1.29 is 9.53 Å². The van der Waals surface area contributed by atoms with E-state index in [1.54, 1.807) is 25.3 Å². The van der Waals surface area contributed by atoms with Crippen molar-refractivity contribution in [2.45, 2.75) is 13.3 Å². The number of nitrogens with one attached hydrogen (secondary N) is 1. The van der Waals surface area contributed by atoms with Gasteiger partial charge in [-0.15, -0.1) is 0 Å². The molecule has 0 aliphatic carbocycles. The average molecular weight is 414 g/mol. The summed E-state index contributed by atoms with van der Waals surface area (Å²) in [6.07, 6.45) is 4.23. The Morgan fingerprint density at radius 1 is 1.36 bits per heavy atom. The fraction of sp³-hybridized carbons (Fsp3) is 0.158. The summed E-state index contributed by atoms with van der Waals surface area (Å²) < 4.78 is 7.07. The van der Waals surface area contributed by atoms with Crippen LogP contribution in [0.4, 0.5) is 0 Å². The fourth-order valence-corrected chi connectivity index (χ4v) is 3.95. The highest BCUT2D eigenvalue weighted by Gasteiger charge is 2.35. The summed E-state index contributed by atoms with van der Waals surface area (Å²) in [6.45, 7) is 1.97. The maximum absolute atomic E-state index is 12.5. The lowest BCUT2D eigenvalue weighted by molar-refractivity contribution is -0.114. The van der Waals surface area contributed by atoms with Crippen LogP contribution in [0.25, 0.3) is 11.8 Å². The molecule has 9 heteroatoms. The van der Waals surface area contributed by atoms with E-state index in [0.717, 1.165) is 22.8 Å². The van der Waals surface area contributed by atoms with Crippen molar-refractivity contribution in [2.24, 2.45) is 10.1 Å². The molecule has 0 spiro atoms. The number of methoxy groups -OCH3 is 1. The predicted octanol–water partition coefficient (Wildman–Crippen LogP) is 4.17. The second-order valence-corrected chi connectivity index (χ2v) is 7.44. The van der Waals surface area contributed by atoms with Crippen LogP contribution in [0.3, 0.4) is 0 Å². The van der Waals surface area contributed by atoms with Gasteiger partial charge in [-0.2, -0.15) is 15.1 Å². The normalized spacial score (nSPS) is 17.7. The zero-order valence-electron chi connectivity index (χ0n) is 15.1. The van der Waals surface area contributed by atoms with Crippen molar-refractivity contribution in [3.63, 3.8) is 0 Å². The van der Waals surface area contributed by atoms with E-state index in [4.69, 9.17) is 21.7 Å². The van der Waals surface area contributed by atoms with Crippen molar-refractivity contribution in [3.05, 3.63) is 52.8 Å². The van der Waals surface area contributed by atoms with Crippen LogP contribution in [-0.2, 0) is 4.79 Å². The Bertz CT molecular complexity index is 1090. The molecule has 1 amide bonds. The van der Waals surface area contributed by atoms with E-state index >= 15 is 0 Å². The third-order valence-corrected chi connectivity index (χ3v) is 5.63. The number of nitrogens with zero attached hydrogens (tertiary/aromatic N) is 4. The molecular formula is C19H16ClN5O2S. The number of carbonyl (C=O) groups is 1. The fourth-order valence-electron chi connectivity index (χ4n) is 2.87. The summed E-state index contributed by atoms with van der Waals surface area (Å²) in [6, 6.07) is 9.13. The Morgan fingerprint density at radius 2 is 2.18 bits per heavy atom. The highest BCUT2D eigenvalue weighted by Crippen LogP contribution is 2.30. The molecule has 4 rings (SSSR count). The van der Waals surface area contributed by atoms with E-state index in [9.17, 15) is 4.79 Å². The Kier molecular flexibility index (Phi) is 4.82. The number of carbonyl (C=O) groups excluding carboxylic acids is 1. The summed E-state index contributed by atoms with van der Waals surface area (Å²) in [5.41, 5.74) is 1.72. The first-order valence-electron chi connectivity index (χ1n) is 8.52. The third-order valence-electron chi connectivity index (χ3n) is 4.28. The Balaban J connectivity index is 1.72. The molecule has 142 valence electrons. The van der Waals surface area contributed by atoms with Crippen LogP contribution in [0.2, 0.25) is 5.02 Å². The van der Waals surface area contributed by atoms with Gasteiger partial charge in [-0.1, -0.05) is 18.5 Å². The van der Waals surface area contributed by atoms with Crippen molar-refractivity contribution in [1.29, 1.82) is 5.41 Å². The summed E-state index contributed by atoms with van der Waals surface area (Å²) >= 11 is 7.56. The maximum atomic E-state index is 12.5. The van der Waals surface area contributed by atoms with Gasteiger partial charge in [0.2, 0.25) is 5.17 Å².